The van der Waals surface area contributed by atoms with Crippen molar-refractivity contribution in [2.75, 3.05) is 24.5 Å². The average molecular weight is 260 g/mol. The van der Waals surface area contributed by atoms with E-state index in [1.54, 1.807) is 0 Å². The summed E-state index contributed by atoms with van der Waals surface area (Å²) in [6, 6.07) is 6.95. The Morgan fingerprint density at radius 2 is 2.16 bits per heavy atom. The molecule has 2 nitrogen and oxygen atoms in total. The first-order valence-corrected chi connectivity index (χ1v) is 7.79. The topological polar surface area (TPSA) is 15.3 Å². The highest BCUT2D eigenvalue weighted by Gasteiger charge is 2.21. The molecule has 1 aliphatic rings. The SMILES string of the molecule is CCCC1CCN(c2ccc(CNCC)c(C)c2)C1. The summed E-state index contributed by atoms with van der Waals surface area (Å²) < 4.78 is 0. The normalized spacial score (nSPS) is 19.1. The number of anilines is 1. The molecular formula is C17H28N2. The highest BCUT2D eigenvalue weighted by Crippen LogP contribution is 2.27. The van der Waals surface area contributed by atoms with Gasteiger partial charge in [0.15, 0.2) is 0 Å². The number of hydrogen-bond acceptors (Lipinski definition) is 2. The largest absolute Gasteiger partial charge is 0.371 e. The lowest BCUT2D eigenvalue weighted by molar-refractivity contribution is 0.530. The zero-order valence-corrected chi connectivity index (χ0v) is 12.7. The molecule has 0 radical (unpaired) electrons. The van der Waals surface area contributed by atoms with Crippen LogP contribution in [0.3, 0.4) is 0 Å². The van der Waals surface area contributed by atoms with Crippen LogP contribution in [0.1, 0.15) is 44.2 Å². The standard InChI is InChI=1S/C17H28N2/c1-4-6-15-9-10-19(13-15)17-8-7-16(12-18-5-2)14(3)11-17/h7-8,11,15,18H,4-6,9-10,12-13H2,1-3H3. The molecule has 106 valence electrons. The molecule has 1 atom stereocenters. The van der Waals surface area contributed by atoms with Gasteiger partial charge >= 0.3 is 0 Å². The van der Waals surface area contributed by atoms with Crippen LogP contribution in [0, 0.1) is 12.8 Å². The Labute approximate surface area is 118 Å². The highest BCUT2D eigenvalue weighted by atomic mass is 15.1. The minimum absolute atomic E-state index is 0.909. The van der Waals surface area contributed by atoms with Gasteiger partial charge in [0, 0.05) is 25.3 Å². The van der Waals surface area contributed by atoms with Gasteiger partial charge in [-0.2, -0.15) is 0 Å². The Bertz CT molecular complexity index is 400. The molecule has 1 aliphatic heterocycles. The van der Waals surface area contributed by atoms with E-state index in [1.807, 2.05) is 0 Å². The van der Waals surface area contributed by atoms with Crippen LogP contribution in [0.2, 0.25) is 0 Å². The number of rotatable bonds is 6. The molecule has 0 aromatic heterocycles. The molecule has 1 aromatic rings. The van der Waals surface area contributed by atoms with Crippen LogP contribution in [-0.2, 0) is 6.54 Å². The van der Waals surface area contributed by atoms with Crippen molar-refractivity contribution in [3.05, 3.63) is 29.3 Å². The zero-order chi connectivity index (χ0) is 13.7. The van der Waals surface area contributed by atoms with Crippen molar-refractivity contribution in [2.24, 2.45) is 5.92 Å². The Balaban J connectivity index is 2.00. The molecule has 0 saturated carbocycles. The molecule has 0 bridgehead atoms. The number of hydrogen-bond donors (Lipinski definition) is 1. The van der Waals surface area contributed by atoms with E-state index >= 15 is 0 Å². The van der Waals surface area contributed by atoms with E-state index in [-0.39, 0.29) is 0 Å². The van der Waals surface area contributed by atoms with Crippen molar-refractivity contribution >= 4 is 5.69 Å². The summed E-state index contributed by atoms with van der Waals surface area (Å²) in [5, 5.41) is 3.40. The maximum atomic E-state index is 3.40. The van der Waals surface area contributed by atoms with Gasteiger partial charge in [-0.1, -0.05) is 26.3 Å². The van der Waals surface area contributed by atoms with Crippen LogP contribution in [0.4, 0.5) is 5.69 Å². The lowest BCUT2D eigenvalue weighted by atomic mass is 10.0. The van der Waals surface area contributed by atoms with Gasteiger partial charge in [-0.3, -0.25) is 0 Å². The first kappa shape index (κ1) is 14.4. The maximum Gasteiger partial charge on any atom is 0.0369 e. The van der Waals surface area contributed by atoms with Crippen molar-refractivity contribution in [1.82, 2.24) is 5.32 Å². The van der Waals surface area contributed by atoms with Gasteiger partial charge in [0.05, 0.1) is 0 Å². The minimum Gasteiger partial charge on any atom is -0.371 e. The molecule has 2 rings (SSSR count). The van der Waals surface area contributed by atoms with Crippen molar-refractivity contribution in [2.45, 2.75) is 46.6 Å². The molecule has 0 spiro atoms. The minimum atomic E-state index is 0.909. The quantitative estimate of drug-likeness (QED) is 0.838. The molecule has 1 unspecified atom stereocenters. The Hall–Kier alpha value is -1.02. The number of benzene rings is 1. The lowest BCUT2D eigenvalue weighted by Crippen LogP contribution is -2.20. The number of aryl methyl sites for hydroxylation is 1. The summed E-state index contributed by atoms with van der Waals surface area (Å²) in [6.07, 6.45) is 4.07. The Morgan fingerprint density at radius 3 is 2.84 bits per heavy atom. The van der Waals surface area contributed by atoms with E-state index in [0.29, 0.717) is 0 Å². The van der Waals surface area contributed by atoms with E-state index in [4.69, 9.17) is 0 Å². The Morgan fingerprint density at radius 1 is 1.32 bits per heavy atom. The van der Waals surface area contributed by atoms with Crippen LogP contribution in [0.15, 0.2) is 18.2 Å². The third-order valence-electron chi connectivity index (χ3n) is 4.24. The van der Waals surface area contributed by atoms with Crippen molar-refractivity contribution in [3.8, 4) is 0 Å². The molecule has 1 heterocycles. The third kappa shape index (κ3) is 3.73. The highest BCUT2D eigenvalue weighted by molar-refractivity contribution is 5.51. The van der Waals surface area contributed by atoms with Gasteiger partial charge in [-0.25, -0.2) is 0 Å². The molecule has 1 saturated heterocycles. The predicted molar refractivity (Wildman–Crippen MR) is 83.8 cm³/mol. The summed E-state index contributed by atoms with van der Waals surface area (Å²) in [6.45, 7) is 11.2. The van der Waals surface area contributed by atoms with Crippen molar-refractivity contribution in [3.63, 3.8) is 0 Å². The molecule has 1 fully saturated rings. The van der Waals surface area contributed by atoms with Crippen LogP contribution < -0.4 is 10.2 Å². The summed E-state index contributed by atoms with van der Waals surface area (Å²) in [7, 11) is 0. The average Bonchev–Trinajstić information content (AvgIpc) is 2.86. The van der Waals surface area contributed by atoms with E-state index in [0.717, 1.165) is 19.0 Å². The second-order valence-corrected chi connectivity index (χ2v) is 5.78. The smallest absolute Gasteiger partial charge is 0.0369 e. The first-order valence-electron chi connectivity index (χ1n) is 7.79. The van der Waals surface area contributed by atoms with Crippen LogP contribution in [0.5, 0.6) is 0 Å². The van der Waals surface area contributed by atoms with Crippen LogP contribution in [-0.4, -0.2) is 19.6 Å². The summed E-state index contributed by atoms with van der Waals surface area (Å²) in [5.41, 5.74) is 4.25. The predicted octanol–water partition coefficient (Wildman–Crippen LogP) is 3.73. The zero-order valence-electron chi connectivity index (χ0n) is 12.7. The molecular weight excluding hydrogens is 232 g/mol. The second-order valence-electron chi connectivity index (χ2n) is 5.78. The fourth-order valence-corrected chi connectivity index (χ4v) is 3.05. The van der Waals surface area contributed by atoms with Gasteiger partial charge in [0.1, 0.15) is 0 Å². The third-order valence-corrected chi connectivity index (χ3v) is 4.24. The fourth-order valence-electron chi connectivity index (χ4n) is 3.05. The second kappa shape index (κ2) is 6.95. The number of nitrogens with zero attached hydrogens (tertiary/aromatic N) is 1. The van der Waals surface area contributed by atoms with E-state index < -0.39 is 0 Å². The summed E-state index contributed by atoms with van der Waals surface area (Å²) in [5.74, 6) is 0.909. The first-order chi connectivity index (χ1) is 9.24. The molecule has 1 N–H and O–H groups in total. The van der Waals surface area contributed by atoms with Gasteiger partial charge < -0.3 is 10.2 Å². The van der Waals surface area contributed by atoms with E-state index in [1.165, 1.54) is 49.2 Å². The van der Waals surface area contributed by atoms with E-state index in [9.17, 15) is 0 Å². The number of nitrogens with one attached hydrogen (secondary N) is 1. The van der Waals surface area contributed by atoms with Gasteiger partial charge in [0.25, 0.3) is 0 Å². The van der Waals surface area contributed by atoms with E-state index in [2.05, 4.69) is 49.2 Å². The fraction of sp³-hybridized carbons (Fsp3) is 0.647. The molecule has 0 aliphatic carbocycles. The Kier molecular flexibility index (Phi) is 5.26. The van der Waals surface area contributed by atoms with Crippen molar-refractivity contribution in [1.29, 1.82) is 0 Å². The molecule has 1 aromatic carbocycles. The molecule has 19 heavy (non-hydrogen) atoms. The molecule has 2 heteroatoms. The monoisotopic (exact) mass is 260 g/mol. The molecule has 0 amide bonds. The summed E-state index contributed by atoms with van der Waals surface area (Å²) in [4.78, 5) is 2.56. The lowest BCUT2D eigenvalue weighted by Gasteiger charge is -2.20. The van der Waals surface area contributed by atoms with Gasteiger partial charge in [-0.15, -0.1) is 0 Å². The maximum absolute atomic E-state index is 3.40. The van der Waals surface area contributed by atoms with Gasteiger partial charge in [-0.05, 0) is 55.5 Å². The van der Waals surface area contributed by atoms with Crippen LogP contribution >= 0.6 is 0 Å². The van der Waals surface area contributed by atoms with Gasteiger partial charge in [0.2, 0.25) is 0 Å². The van der Waals surface area contributed by atoms with Crippen LogP contribution in [0.25, 0.3) is 0 Å². The summed E-state index contributed by atoms with van der Waals surface area (Å²) >= 11 is 0. The van der Waals surface area contributed by atoms with Crippen molar-refractivity contribution < 1.29 is 0 Å².